The molecule has 0 heterocycles. The summed E-state index contributed by atoms with van der Waals surface area (Å²) in [5.41, 5.74) is 1.31. The van der Waals surface area contributed by atoms with Crippen molar-refractivity contribution in [1.82, 2.24) is 0 Å². The van der Waals surface area contributed by atoms with E-state index in [0.29, 0.717) is 5.92 Å². The molecule has 0 spiro atoms. The molecule has 2 rings (SSSR count). The Kier molecular flexibility index (Phi) is 5.77. The van der Waals surface area contributed by atoms with E-state index >= 15 is 0 Å². The van der Waals surface area contributed by atoms with E-state index in [2.05, 4.69) is 38.1 Å². The van der Waals surface area contributed by atoms with Crippen LogP contribution in [0.2, 0.25) is 0 Å². The molecule has 1 aromatic carbocycles. The first-order valence-corrected chi connectivity index (χ1v) is 8.55. The molecule has 0 bridgehead atoms. The molecule has 0 aliphatic heterocycles. The smallest absolute Gasteiger partial charge is 0.0662 e. The third-order valence-corrected chi connectivity index (χ3v) is 5.73. The second-order valence-corrected chi connectivity index (χ2v) is 6.91. The molecule has 1 aliphatic carbocycles. The molecule has 1 fully saturated rings. The molecule has 1 N–H and O–H groups in total. The Hall–Kier alpha value is -0.470. The minimum absolute atomic E-state index is 0.140. The van der Waals surface area contributed by atoms with Gasteiger partial charge >= 0.3 is 0 Å². The zero-order chi connectivity index (χ0) is 13.7. The Morgan fingerprint density at radius 3 is 2.84 bits per heavy atom. The molecule has 3 atom stereocenters. The van der Waals surface area contributed by atoms with Gasteiger partial charge in [-0.05, 0) is 43.2 Å². The Bertz CT molecular complexity index is 391. The monoisotopic (exact) mass is 278 g/mol. The number of hydrogen-bond acceptors (Lipinski definition) is 2. The lowest BCUT2D eigenvalue weighted by Crippen LogP contribution is -2.28. The summed E-state index contributed by atoms with van der Waals surface area (Å²) in [5.74, 6) is 2.21. The Labute approximate surface area is 121 Å². The second kappa shape index (κ2) is 7.35. The van der Waals surface area contributed by atoms with E-state index in [-0.39, 0.29) is 6.10 Å². The summed E-state index contributed by atoms with van der Waals surface area (Å²) in [6.45, 7) is 4.42. The van der Waals surface area contributed by atoms with Crippen molar-refractivity contribution >= 4 is 11.8 Å². The summed E-state index contributed by atoms with van der Waals surface area (Å²) in [5, 5.41) is 10.4. The van der Waals surface area contributed by atoms with Gasteiger partial charge in [-0.15, -0.1) is 11.8 Å². The highest BCUT2D eigenvalue weighted by molar-refractivity contribution is 7.99. The topological polar surface area (TPSA) is 20.2 Å². The van der Waals surface area contributed by atoms with Gasteiger partial charge in [0.05, 0.1) is 6.10 Å². The van der Waals surface area contributed by atoms with Crippen molar-refractivity contribution in [2.75, 3.05) is 5.75 Å². The molecule has 19 heavy (non-hydrogen) atoms. The minimum Gasteiger partial charge on any atom is -0.392 e. The third kappa shape index (κ3) is 4.25. The second-order valence-electron chi connectivity index (χ2n) is 5.84. The highest BCUT2D eigenvalue weighted by atomic mass is 32.2. The fourth-order valence-corrected chi connectivity index (χ4v) is 4.18. The molecular weight excluding hydrogens is 252 g/mol. The summed E-state index contributed by atoms with van der Waals surface area (Å²) in [6, 6.07) is 8.45. The lowest BCUT2D eigenvalue weighted by molar-refractivity contribution is 0.0862. The van der Waals surface area contributed by atoms with E-state index in [1.165, 1.54) is 42.6 Å². The Morgan fingerprint density at radius 1 is 1.32 bits per heavy atom. The first-order valence-electron chi connectivity index (χ1n) is 7.57. The van der Waals surface area contributed by atoms with Crippen LogP contribution in [0.25, 0.3) is 0 Å². The average Bonchev–Trinajstić information content (AvgIpc) is 2.46. The molecule has 1 aliphatic rings. The third-order valence-electron chi connectivity index (χ3n) is 4.45. The van der Waals surface area contributed by atoms with Crippen molar-refractivity contribution in [2.45, 2.75) is 57.0 Å². The normalized spacial score (nSPS) is 25.2. The Morgan fingerprint density at radius 2 is 2.11 bits per heavy atom. The summed E-state index contributed by atoms with van der Waals surface area (Å²) >= 11 is 1.81. The predicted molar refractivity (Wildman–Crippen MR) is 83.6 cm³/mol. The fraction of sp³-hybridized carbons (Fsp3) is 0.647. The van der Waals surface area contributed by atoms with Crippen LogP contribution in [0.4, 0.5) is 0 Å². The first-order chi connectivity index (χ1) is 9.20. The molecule has 0 radical (unpaired) electrons. The molecule has 106 valence electrons. The largest absolute Gasteiger partial charge is 0.392 e. The molecule has 0 aromatic heterocycles. The van der Waals surface area contributed by atoms with Crippen molar-refractivity contribution in [3.05, 3.63) is 29.8 Å². The van der Waals surface area contributed by atoms with Gasteiger partial charge in [-0.25, -0.2) is 0 Å². The number of aliphatic hydroxyl groups excluding tert-OH is 1. The molecule has 3 unspecified atom stereocenters. The molecule has 1 saturated carbocycles. The number of rotatable bonds is 5. The highest BCUT2D eigenvalue weighted by Crippen LogP contribution is 2.34. The van der Waals surface area contributed by atoms with Crippen molar-refractivity contribution in [2.24, 2.45) is 11.8 Å². The van der Waals surface area contributed by atoms with E-state index in [9.17, 15) is 5.11 Å². The number of aliphatic hydroxyl groups is 1. The van der Waals surface area contributed by atoms with E-state index < -0.39 is 0 Å². The summed E-state index contributed by atoms with van der Waals surface area (Å²) < 4.78 is 0. The molecule has 1 aromatic rings. The number of thioether (sulfide) groups is 1. The SMILES string of the molecule is CCC1CCCC(C(O)CSc2ccccc2C)C1. The van der Waals surface area contributed by atoms with Gasteiger partial charge in [0, 0.05) is 10.6 Å². The standard InChI is InChI=1S/C17H26OS/c1-3-14-8-6-9-15(11-14)16(18)12-19-17-10-5-4-7-13(17)2/h4-5,7,10,14-16,18H,3,6,8-9,11-12H2,1-2H3. The lowest BCUT2D eigenvalue weighted by atomic mass is 9.78. The van der Waals surface area contributed by atoms with Crippen LogP contribution in [0, 0.1) is 18.8 Å². The zero-order valence-electron chi connectivity index (χ0n) is 12.1. The van der Waals surface area contributed by atoms with E-state index in [0.717, 1.165) is 11.7 Å². The van der Waals surface area contributed by atoms with Crippen LogP contribution in [0.15, 0.2) is 29.2 Å². The van der Waals surface area contributed by atoms with Crippen LogP contribution in [-0.4, -0.2) is 17.0 Å². The van der Waals surface area contributed by atoms with E-state index in [4.69, 9.17) is 0 Å². The lowest BCUT2D eigenvalue weighted by Gasteiger charge is -2.31. The first kappa shape index (κ1) is 14.9. The number of aryl methyl sites for hydroxylation is 1. The number of benzene rings is 1. The fourth-order valence-electron chi connectivity index (χ4n) is 3.08. The van der Waals surface area contributed by atoms with Gasteiger partial charge in [-0.2, -0.15) is 0 Å². The van der Waals surface area contributed by atoms with Crippen LogP contribution < -0.4 is 0 Å². The van der Waals surface area contributed by atoms with Crippen LogP contribution in [0.1, 0.15) is 44.6 Å². The summed E-state index contributed by atoms with van der Waals surface area (Å²) in [7, 11) is 0. The maximum atomic E-state index is 10.4. The van der Waals surface area contributed by atoms with Gasteiger partial charge in [-0.3, -0.25) is 0 Å². The highest BCUT2D eigenvalue weighted by Gasteiger charge is 2.26. The molecular formula is C17H26OS. The summed E-state index contributed by atoms with van der Waals surface area (Å²) in [6.07, 6.45) is 6.24. The van der Waals surface area contributed by atoms with Crippen molar-refractivity contribution in [3.63, 3.8) is 0 Å². The van der Waals surface area contributed by atoms with Gasteiger partial charge in [0.15, 0.2) is 0 Å². The van der Waals surface area contributed by atoms with Crippen LogP contribution >= 0.6 is 11.8 Å². The number of hydrogen-bond donors (Lipinski definition) is 1. The van der Waals surface area contributed by atoms with Crippen molar-refractivity contribution in [1.29, 1.82) is 0 Å². The molecule has 0 saturated heterocycles. The van der Waals surface area contributed by atoms with Crippen LogP contribution in [-0.2, 0) is 0 Å². The maximum Gasteiger partial charge on any atom is 0.0662 e. The zero-order valence-corrected chi connectivity index (χ0v) is 13.0. The van der Waals surface area contributed by atoms with Gasteiger partial charge in [0.25, 0.3) is 0 Å². The summed E-state index contributed by atoms with van der Waals surface area (Å²) in [4.78, 5) is 1.31. The van der Waals surface area contributed by atoms with E-state index in [1.54, 1.807) is 0 Å². The van der Waals surface area contributed by atoms with Crippen LogP contribution in [0.5, 0.6) is 0 Å². The van der Waals surface area contributed by atoms with Crippen molar-refractivity contribution in [3.8, 4) is 0 Å². The molecule has 1 nitrogen and oxygen atoms in total. The van der Waals surface area contributed by atoms with Gasteiger partial charge in [-0.1, -0.05) is 44.4 Å². The quantitative estimate of drug-likeness (QED) is 0.790. The Balaban J connectivity index is 1.84. The minimum atomic E-state index is -0.140. The van der Waals surface area contributed by atoms with Crippen LogP contribution in [0.3, 0.4) is 0 Å². The molecule has 2 heteroatoms. The average molecular weight is 278 g/mol. The maximum absolute atomic E-state index is 10.4. The van der Waals surface area contributed by atoms with Gasteiger partial charge in [0.1, 0.15) is 0 Å². The van der Waals surface area contributed by atoms with E-state index in [1.807, 2.05) is 11.8 Å². The predicted octanol–water partition coefficient (Wildman–Crippen LogP) is 4.66. The van der Waals surface area contributed by atoms with Crippen molar-refractivity contribution < 1.29 is 5.11 Å². The molecule has 0 amide bonds. The van der Waals surface area contributed by atoms with Gasteiger partial charge in [0.2, 0.25) is 0 Å². The van der Waals surface area contributed by atoms with Gasteiger partial charge < -0.3 is 5.11 Å².